The van der Waals surface area contributed by atoms with Crippen LogP contribution < -0.4 is 5.56 Å². The van der Waals surface area contributed by atoms with Crippen LogP contribution in [0.2, 0.25) is 0 Å². The summed E-state index contributed by atoms with van der Waals surface area (Å²) in [7, 11) is 1.54. The van der Waals surface area contributed by atoms with Crippen LogP contribution in [0, 0.1) is 0 Å². The van der Waals surface area contributed by atoms with E-state index in [-0.39, 0.29) is 12.1 Å². The van der Waals surface area contributed by atoms with Gasteiger partial charge in [-0.25, -0.2) is 4.98 Å². The van der Waals surface area contributed by atoms with Crippen LogP contribution in [0.5, 0.6) is 0 Å². The van der Waals surface area contributed by atoms with Crippen LogP contribution in [0.4, 0.5) is 0 Å². The highest BCUT2D eigenvalue weighted by atomic mass is 16.3. The van der Waals surface area contributed by atoms with Crippen LogP contribution in [0.25, 0.3) is 5.65 Å². The Morgan fingerprint density at radius 3 is 2.80 bits per heavy atom. The highest BCUT2D eigenvalue weighted by Gasteiger charge is 2.22. The number of amides is 1. The predicted octanol–water partition coefficient (Wildman–Crippen LogP) is 0.537. The molecule has 6 heteroatoms. The maximum absolute atomic E-state index is 12.3. The molecule has 2 aromatic heterocycles. The van der Waals surface area contributed by atoms with Gasteiger partial charge in [0.05, 0.1) is 5.60 Å². The SMILES string of the molecule is CN(CC(C)(C)O)C(=O)c1cnc2ccccn2c1=O. The number of aliphatic hydroxyl groups is 1. The van der Waals surface area contributed by atoms with Crippen molar-refractivity contribution in [3.63, 3.8) is 0 Å². The molecule has 1 N–H and O–H groups in total. The van der Waals surface area contributed by atoms with Gasteiger partial charge in [-0.15, -0.1) is 0 Å². The first-order chi connectivity index (χ1) is 9.29. The molecule has 0 atom stereocenters. The largest absolute Gasteiger partial charge is 0.389 e. The van der Waals surface area contributed by atoms with Crippen molar-refractivity contribution >= 4 is 11.6 Å². The third-order valence-electron chi connectivity index (χ3n) is 2.81. The van der Waals surface area contributed by atoms with Crippen LogP contribution in [-0.4, -0.2) is 44.5 Å². The average molecular weight is 275 g/mol. The van der Waals surface area contributed by atoms with E-state index in [2.05, 4.69) is 4.98 Å². The van der Waals surface area contributed by atoms with Crippen molar-refractivity contribution in [2.45, 2.75) is 19.4 Å². The molecule has 0 radical (unpaired) electrons. The Kier molecular flexibility index (Phi) is 3.59. The van der Waals surface area contributed by atoms with Gasteiger partial charge >= 0.3 is 0 Å². The number of aromatic nitrogens is 2. The van der Waals surface area contributed by atoms with E-state index in [0.29, 0.717) is 5.65 Å². The van der Waals surface area contributed by atoms with Gasteiger partial charge < -0.3 is 10.0 Å². The summed E-state index contributed by atoms with van der Waals surface area (Å²) in [4.78, 5) is 29.9. The van der Waals surface area contributed by atoms with Crippen molar-refractivity contribution in [1.82, 2.24) is 14.3 Å². The molecule has 0 spiro atoms. The van der Waals surface area contributed by atoms with E-state index in [1.54, 1.807) is 45.3 Å². The molecule has 0 saturated carbocycles. The number of hydrogen-bond donors (Lipinski definition) is 1. The van der Waals surface area contributed by atoms with Crippen LogP contribution >= 0.6 is 0 Å². The molecule has 0 aliphatic rings. The molecule has 6 nitrogen and oxygen atoms in total. The van der Waals surface area contributed by atoms with E-state index in [1.165, 1.54) is 15.5 Å². The molecule has 0 aliphatic heterocycles. The van der Waals surface area contributed by atoms with E-state index < -0.39 is 17.1 Å². The lowest BCUT2D eigenvalue weighted by Crippen LogP contribution is -2.41. The quantitative estimate of drug-likeness (QED) is 0.887. The molecular formula is C14H17N3O3. The maximum atomic E-state index is 12.3. The smallest absolute Gasteiger partial charge is 0.270 e. The van der Waals surface area contributed by atoms with E-state index >= 15 is 0 Å². The van der Waals surface area contributed by atoms with Gasteiger partial charge in [0.25, 0.3) is 11.5 Å². The summed E-state index contributed by atoms with van der Waals surface area (Å²) in [6.45, 7) is 3.33. The molecule has 0 fully saturated rings. The lowest BCUT2D eigenvalue weighted by Gasteiger charge is -2.25. The second kappa shape index (κ2) is 5.05. The molecule has 20 heavy (non-hydrogen) atoms. The summed E-state index contributed by atoms with van der Waals surface area (Å²) < 4.78 is 1.32. The molecule has 0 aromatic carbocycles. The average Bonchev–Trinajstić information content (AvgIpc) is 2.37. The summed E-state index contributed by atoms with van der Waals surface area (Å²) in [6, 6.07) is 5.16. The van der Waals surface area contributed by atoms with Crippen molar-refractivity contribution in [2.75, 3.05) is 13.6 Å². The second-order valence-electron chi connectivity index (χ2n) is 5.38. The number of fused-ring (bicyclic) bond motifs is 1. The van der Waals surface area contributed by atoms with Gasteiger partial charge in [0.15, 0.2) is 0 Å². The van der Waals surface area contributed by atoms with Gasteiger partial charge in [0, 0.05) is 26.0 Å². The molecule has 2 heterocycles. The van der Waals surface area contributed by atoms with Crippen LogP contribution in [0.1, 0.15) is 24.2 Å². The Labute approximate surface area is 116 Å². The van der Waals surface area contributed by atoms with Crippen molar-refractivity contribution in [3.8, 4) is 0 Å². The summed E-state index contributed by atoms with van der Waals surface area (Å²) in [5.41, 5.74) is -0.965. The molecule has 2 rings (SSSR count). The standard InChI is InChI=1S/C14H17N3O3/c1-14(2,20)9-16(3)12(18)10-8-15-11-6-4-5-7-17(11)13(10)19/h4-8,20H,9H2,1-3H3. The van der Waals surface area contributed by atoms with E-state index in [9.17, 15) is 14.7 Å². The van der Waals surface area contributed by atoms with E-state index in [0.717, 1.165) is 0 Å². The Morgan fingerprint density at radius 1 is 1.45 bits per heavy atom. The maximum Gasteiger partial charge on any atom is 0.270 e. The van der Waals surface area contributed by atoms with Gasteiger partial charge in [-0.1, -0.05) is 6.07 Å². The number of nitrogens with zero attached hydrogens (tertiary/aromatic N) is 3. The van der Waals surface area contributed by atoms with Gasteiger partial charge in [-0.2, -0.15) is 0 Å². The molecule has 106 valence electrons. The monoisotopic (exact) mass is 275 g/mol. The zero-order chi connectivity index (χ0) is 14.9. The highest BCUT2D eigenvalue weighted by Crippen LogP contribution is 2.06. The number of likely N-dealkylation sites (N-methyl/N-ethyl adjacent to an activating group) is 1. The fourth-order valence-electron chi connectivity index (χ4n) is 2.03. The Morgan fingerprint density at radius 2 is 2.15 bits per heavy atom. The number of carbonyl (C=O) groups is 1. The van der Waals surface area contributed by atoms with Gasteiger partial charge in [0.1, 0.15) is 11.2 Å². The zero-order valence-corrected chi connectivity index (χ0v) is 11.7. The van der Waals surface area contributed by atoms with E-state index in [4.69, 9.17) is 0 Å². The number of carbonyl (C=O) groups excluding carboxylic acids is 1. The molecular weight excluding hydrogens is 258 g/mol. The summed E-state index contributed by atoms with van der Waals surface area (Å²) in [6.07, 6.45) is 2.85. The predicted molar refractivity (Wildman–Crippen MR) is 74.7 cm³/mol. The highest BCUT2D eigenvalue weighted by molar-refractivity contribution is 5.93. The first-order valence-corrected chi connectivity index (χ1v) is 6.24. The molecule has 0 aliphatic carbocycles. The Bertz CT molecular complexity index is 701. The minimum atomic E-state index is -1.02. The minimum absolute atomic E-state index is 0.0135. The summed E-state index contributed by atoms with van der Waals surface area (Å²) in [5.74, 6) is -0.456. The third kappa shape index (κ3) is 2.85. The van der Waals surface area contributed by atoms with Crippen molar-refractivity contribution in [3.05, 3.63) is 46.5 Å². The van der Waals surface area contributed by atoms with Gasteiger partial charge in [-0.05, 0) is 26.0 Å². The third-order valence-corrected chi connectivity index (χ3v) is 2.81. The lowest BCUT2D eigenvalue weighted by atomic mass is 10.1. The fraction of sp³-hybridized carbons (Fsp3) is 0.357. The van der Waals surface area contributed by atoms with Crippen molar-refractivity contribution in [1.29, 1.82) is 0 Å². The fourth-order valence-corrected chi connectivity index (χ4v) is 2.03. The first kappa shape index (κ1) is 14.2. The summed E-state index contributed by atoms with van der Waals surface area (Å²) >= 11 is 0. The first-order valence-electron chi connectivity index (χ1n) is 6.24. The summed E-state index contributed by atoms with van der Waals surface area (Å²) in [5, 5.41) is 9.73. The lowest BCUT2D eigenvalue weighted by molar-refractivity contribution is 0.0366. The zero-order valence-electron chi connectivity index (χ0n) is 11.7. The Hall–Kier alpha value is -2.21. The molecule has 0 unspecified atom stereocenters. The molecule has 0 saturated heterocycles. The number of rotatable bonds is 3. The van der Waals surface area contributed by atoms with Gasteiger partial charge in [-0.3, -0.25) is 14.0 Å². The van der Waals surface area contributed by atoms with Crippen LogP contribution in [0.15, 0.2) is 35.4 Å². The number of pyridine rings is 1. The van der Waals surface area contributed by atoms with Crippen molar-refractivity contribution < 1.29 is 9.90 Å². The van der Waals surface area contributed by atoms with Gasteiger partial charge in [0.2, 0.25) is 0 Å². The van der Waals surface area contributed by atoms with Crippen molar-refractivity contribution in [2.24, 2.45) is 0 Å². The minimum Gasteiger partial charge on any atom is -0.389 e. The Balaban J connectivity index is 2.41. The van der Waals surface area contributed by atoms with Crippen LogP contribution in [-0.2, 0) is 0 Å². The molecule has 2 aromatic rings. The normalized spacial score (nSPS) is 11.6. The molecule has 1 amide bonds. The topological polar surface area (TPSA) is 74.9 Å². The second-order valence-corrected chi connectivity index (χ2v) is 5.38. The van der Waals surface area contributed by atoms with Crippen LogP contribution in [0.3, 0.4) is 0 Å². The van der Waals surface area contributed by atoms with E-state index in [1.807, 2.05) is 0 Å². The molecule has 0 bridgehead atoms. The number of hydrogen-bond acceptors (Lipinski definition) is 4.